The van der Waals surface area contributed by atoms with Crippen molar-refractivity contribution in [3.8, 4) is 11.1 Å². The van der Waals surface area contributed by atoms with Gasteiger partial charge in [0.2, 0.25) is 0 Å². The predicted octanol–water partition coefficient (Wildman–Crippen LogP) is 2.80. The van der Waals surface area contributed by atoms with Crippen molar-refractivity contribution >= 4 is 11.3 Å². The maximum absolute atomic E-state index is 4.81. The van der Waals surface area contributed by atoms with Gasteiger partial charge in [0.1, 0.15) is 0 Å². The van der Waals surface area contributed by atoms with Crippen molar-refractivity contribution in [3.05, 3.63) is 60.1 Å². The molecule has 0 atom stereocenters. The molecule has 5 heteroatoms. The van der Waals surface area contributed by atoms with Crippen LogP contribution in [-0.2, 0) is 6.42 Å². The van der Waals surface area contributed by atoms with Gasteiger partial charge in [0, 0.05) is 24.8 Å². The zero-order chi connectivity index (χ0) is 17.2. The number of hydrogen-bond donors (Lipinski definition) is 2. The van der Waals surface area contributed by atoms with Crippen molar-refractivity contribution in [2.75, 3.05) is 19.6 Å². The zero-order valence-electron chi connectivity index (χ0n) is 14.5. The van der Waals surface area contributed by atoms with Crippen molar-refractivity contribution in [2.24, 2.45) is 0 Å². The van der Waals surface area contributed by atoms with Crippen molar-refractivity contribution in [1.82, 2.24) is 25.2 Å². The Kier molecular flexibility index (Phi) is 4.24. The molecule has 0 spiro atoms. The first-order chi connectivity index (χ1) is 12.2. The molecule has 0 fully saturated rings. The Morgan fingerprint density at radius 1 is 1.16 bits per heavy atom. The van der Waals surface area contributed by atoms with E-state index < -0.39 is 0 Å². The lowest BCUT2D eigenvalue weighted by molar-refractivity contribution is 0.636. The second-order valence-electron chi connectivity index (χ2n) is 6.61. The highest BCUT2D eigenvalue weighted by molar-refractivity contribution is 5.78. The summed E-state index contributed by atoms with van der Waals surface area (Å²) >= 11 is 0. The lowest BCUT2D eigenvalue weighted by atomic mass is 9.99. The molecule has 0 aliphatic carbocycles. The fraction of sp³-hybridized carbons (Fsp3) is 0.300. The molecule has 128 valence electrons. The average Bonchev–Trinajstić information content (AvgIpc) is 3.02. The van der Waals surface area contributed by atoms with Gasteiger partial charge in [0.25, 0.3) is 0 Å². The van der Waals surface area contributed by atoms with Gasteiger partial charge >= 0.3 is 0 Å². The fourth-order valence-corrected chi connectivity index (χ4v) is 3.34. The Morgan fingerprint density at radius 3 is 3.00 bits per heavy atom. The molecule has 4 rings (SSSR count). The lowest BCUT2D eigenvalue weighted by Gasteiger charge is -2.10. The first-order valence-corrected chi connectivity index (χ1v) is 8.80. The Bertz CT molecular complexity index is 925. The molecule has 25 heavy (non-hydrogen) atoms. The third kappa shape index (κ3) is 3.28. The third-order valence-corrected chi connectivity index (χ3v) is 4.59. The predicted molar refractivity (Wildman–Crippen MR) is 101 cm³/mol. The Hall–Kier alpha value is -2.66. The molecule has 3 aromatic rings. The molecule has 2 aromatic heterocycles. The average molecular weight is 333 g/mol. The van der Waals surface area contributed by atoms with Gasteiger partial charge in [-0.25, -0.2) is 9.50 Å². The van der Waals surface area contributed by atoms with Crippen LogP contribution < -0.4 is 10.6 Å². The first kappa shape index (κ1) is 15.8. The first-order valence-electron chi connectivity index (χ1n) is 8.80. The van der Waals surface area contributed by atoms with Crippen LogP contribution in [0.15, 0.2) is 43.2 Å². The van der Waals surface area contributed by atoms with Gasteiger partial charge in [-0.2, -0.15) is 5.10 Å². The molecule has 0 saturated carbocycles. The van der Waals surface area contributed by atoms with Gasteiger partial charge in [0.15, 0.2) is 5.65 Å². The van der Waals surface area contributed by atoms with E-state index in [4.69, 9.17) is 4.98 Å². The molecular weight excluding hydrogens is 310 g/mol. The van der Waals surface area contributed by atoms with Crippen LogP contribution >= 0.6 is 0 Å². The lowest BCUT2D eigenvalue weighted by Crippen LogP contribution is -2.27. The molecule has 0 radical (unpaired) electrons. The number of aryl methyl sites for hydroxylation is 2. The maximum Gasteiger partial charge on any atom is 0.163 e. The molecule has 5 nitrogen and oxygen atoms in total. The van der Waals surface area contributed by atoms with Crippen LogP contribution in [0.3, 0.4) is 0 Å². The molecule has 0 unspecified atom stereocenters. The summed E-state index contributed by atoms with van der Waals surface area (Å²) in [6.45, 7) is 9.05. The Labute approximate surface area is 147 Å². The number of fused-ring (bicyclic) bond motifs is 4. The summed E-state index contributed by atoms with van der Waals surface area (Å²) in [4.78, 5) is 4.81. The summed E-state index contributed by atoms with van der Waals surface area (Å²) in [5.74, 6) is 0. The molecular formula is C20H23N5. The van der Waals surface area contributed by atoms with Gasteiger partial charge in [-0.3, -0.25) is 0 Å². The number of nitrogens with one attached hydrogen (secondary N) is 2. The van der Waals surface area contributed by atoms with Crippen LogP contribution in [0.1, 0.15) is 23.2 Å². The maximum atomic E-state index is 4.81. The number of nitrogens with zero attached hydrogens (tertiary/aromatic N) is 3. The standard InChI is InChI=1S/C20H23N5/c1-14-10-16-4-3-6-21-7-8-22-15(2)19-5-9-25-20(24-19)18(13-23-25)17(11-14)12-16/h5,9-13,21-22H,2-4,6-8H2,1H3. The van der Waals surface area contributed by atoms with E-state index in [2.05, 4.69) is 47.4 Å². The SMILES string of the molecule is C=C1NCCNCCCc2cc(C)cc(c2)-c2cnn3ccc1nc23. The normalized spacial score (nSPS) is 15.6. The zero-order valence-corrected chi connectivity index (χ0v) is 14.5. The molecule has 1 aliphatic rings. The summed E-state index contributed by atoms with van der Waals surface area (Å²) in [6.07, 6.45) is 6.04. The summed E-state index contributed by atoms with van der Waals surface area (Å²) < 4.78 is 1.83. The third-order valence-electron chi connectivity index (χ3n) is 4.59. The van der Waals surface area contributed by atoms with Gasteiger partial charge in [-0.15, -0.1) is 0 Å². The van der Waals surface area contributed by atoms with Gasteiger partial charge in [-0.1, -0.05) is 30.3 Å². The number of aromatic nitrogens is 3. The molecule has 1 aromatic carbocycles. The highest BCUT2D eigenvalue weighted by Gasteiger charge is 2.12. The second-order valence-corrected chi connectivity index (χ2v) is 6.61. The van der Waals surface area contributed by atoms with Crippen molar-refractivity contribution in [1.29, 1.82) is 0 Å². The molecule has 0 amide bonds. The molecule has 3 heterocycles. The molecule has 4 bridgehead atoms. The van der Waals surface area contributed by atoms with Crippen LogP contribution in [0.5, 0.6) is 0 Å². The van der Waals surface area contributed by atoms with E-state index >= 15 is 0 Å². The van der Waals surface area contributed by atoms with Gasteiger partial charge in [0.05, 0.1) is 17.6 Å². The van der Waals surface area contributed by atoms with E-state index in [1.807, 2.05) is 23.0 Å². The number of rotatable bonds is 0. The molecule has 1 aliphatic heterocycles. The highest BCUT2D eigenvalue weighted by Crippen LogP contribution is 2.26. The minimum absolute atomic E-state index is 0.838. The Balaban J connectivity index is 1.85. The molecule has 2 N–H and O–H groups in total. The van der Waals surface area contributed by atoms with Gasteiger partial charge in [-0.05, 0) is 43.5 Å². The second kappa shape index (κ2) is 6.69. The molecule has 0 saturated heterocycles. The summed E-state index contributed by atoms with van der Waals surface area (Å²) in [5.41, 5.74) is 7.44. The summed E-state index contributed by atoms with van der Waals surface area (Å²) in [7, 11) is 0. The monoisotopic (exact) mass is 333 g/mol. The van der Waals surface area contributed by atoms with E-state index in [0.717, 1.165) is 55.1 Å². The Morgan fingerprint density at radius 2 is 2.08 bits per heavy atom. The van der Waals surface area contributed by atoms with Crippen LogP contribution in [0.25, 0.3) is 22.5 Å². The van der Waals surface area contributed by atoms with E-state index in [0.29, 0.717) is 0 Å². The van der Waals surface area contributed by atoms with Crippen molar-refractivity contribution < 1.29 is 0 Å². The summed E-state index contributed by atoms with van der Waals surface area (Å²) in [6, 6.07) is 8.70. The van der Waals surface area contributed by atoms with E-state index in [1.165, 1.54) is 16.7 Å². The number of hydrogen-bond acceptors (Lipinski definition) is 4. The van der Waals surface area contributed by atoms with Crippen molar-refractivity contribution in [3.63, 3.8) is 0 Å². The number of benzene rings is 1. The van der Waals surface area contributed by atoms with Crippen LogP contribution in [0.4, 0.5) is 0 Å². The fourth-order valence-electron chi connectivity index (χ4n) is 3.34. The minimum atomic E-state index is 0.838. The minimum Gasteiger partial charge on any atom is -0.383 e. The summed E-state index contributed by atoms with van der Waals surface area (Å²) in [5, 5.41) is 11.3. The smallest absolute Gasteiger partial charge is 0.163 e. The van der Waals surface area contributed by atoms with Crippen LogP contribution in [0.2, 0.25) is 0 Å². The topological polar surface area (TPSA) is 54.2 Å². The van der Waals surface area contributed by atoms with E-state index in [-0.39, 0.29) is 0 Å². The highest BCUT2D eigenvalue weighted by atomic mass is 15.2. The van der Waals surface area contributed by atoms with E-state index in [9.17, 15) is 0 Å². The quantitative estimate of drug-likeness (QED) is 0.664. The van der Waals surface area contributed by atoms with Crippen molar-refractivity contribution in [2.45, 2.75) is 19.8 Å². The van der Waals surface area contributed by atoms with Crippen LogP contribution in [-0.4, -0.2) is 34.2 Å². The van der Waals surface area contributed by atoms with Crippen LogP contribution in [0, 0.1) is 6.92 Å². The van der Waals surface area contributed by atoms with E-state index in [1.54, 1.807) is 0 Å². The largest absolute Gasteiger partial charge is 0.383 e. The van der Waals surface area contributed by atoms with Gasteiger partial charge < -0.3 is 10.6 Å².